The molecule has 1 aliphatic carbocycles. The van der Waals surface area contributed by atoms with Crippen molar-refractivity contribution in [1.29, 1.82) is 0 Å². The first-order valence-corrected chi connectivity index (χ1v) is 4.63. The summed E-state index contributed by atoms with van der Waals surface area (Å²) in [4.78, 5) is 0. The van der Waals surface area contributed by atoms with Crippen LogP contribution in [0.1, 0.15) is 24.8 Å². The molecule has 1 saturated carbocycles. The molecule has 1 heteroatoms. The summed E-state index contributed by atoms with van der Waals surface area (Å²) in [6.07, 6.45) is 5.12. The first-order valence-electron chi connectivity index (χ1n) is 4.63. The first-order chi connectivity index (χ1) is 5.86. The third-order valence-corrected chi connectivity index (χ3v) is 2.72. The molecule has 1 nitrogen and oxygen atoms in total. The summed E-state index contributed by atoms with van der Waals surface area (Å²) in [5.74, 6) is 1.29. The zero-order valence-corrected chi connectivity index (χ0v) is 7.16. The van der Waals surface area contributed by atoms with Crippen LogP contribution in [0.5, 0.6) is 5.75 Å². The van der Waals surface area contributed by atoms with Gasteiger partial charge in [-0.25, -0.2) is 0 Å². The SMILES string of the molecule is Oc1ccccc1CC1CCC1. The first kappa shape index (κ1) is 7.66. The molecule has 1 aliphatic rings. The normalized spacial score (nSPS) is 17.3. The van der Waals surface area contributed by atoms with Crippen LogP contribution in [0.4, 0.5) is 0 Å². The number of hydrogen-bond acceptors (Lipinski definition) is 1. The van der Waals surface area contributed by atoms with Gasteiger partial charge >= 0.3 is 0 Å². The molecule has 0 spiro atoms. The molecule has 1 N–H and O–H groups in total. The number of phenolic OH excluding ortho intramolecular Hbond substituents is 1. The van der Waals surface area contributed by atoms with Crippen molar-refractivity contribution in [2.75, 3.05) is 0 Å². The molecule has 0 aromatic heterocycles. The Hall–Kier alpha value is -0.980. The van der Waals surface area contributed by atoms with E-state index in [1.165, 1.54) is 19.3 Å². The second kappa shape index (κ2) is 3.18. The van der Waals surface area contributed by atoms with E-state index in [9.17, 15) is 5.11 Å². The van der Waals surface area contributed by atoms with Crippen LogP contribution in [-0.4, -0.2) is 5.11 Å². The molecule has 12 heavy (non-hydrogen) atoms. The van der Waals surface area contributed by atoms with Gasteiger partial charge in [-0.05, 0) is 24.0 Å². The van der Waals surface area contributed by atoms with Crippen LogP contribution < -0.4 is 0 Å². The fourth-order valence-corrected chi connectivity index (χ4v) is 1.69. The number of phenols is 1. The Morgan fingerprint density at radius 1 is 1.25 bits per heavy atom. The zero-order valence-electron chi connectivity index (χ0n) is 7.16. The minimum atomic E-state index is 0.462. The Bertz CT molecular complexity index is 263. The Labute approximate surface area is 73.0 Å². The van der Waals surface area contributed by atoms with Crippen LogP contribution in [0.25, 0.3) is 0 Å². The minimum Gasteiger partial charge on any atom is -0.508 e. The van der Waals surface area contributed by atoms with Crippen molar-refractivity contribution in [3.05, 3.63) is 29.8 Å². The second-order valence-corrected chi connectivity index (χ2v) is 3.63. The van der Waals surface area contributed by atoms with Crippen LogP contribution in [0.15, 0.2) is 24.3 Å². The van der Waals surface area contributed by atoms with E-state index in [2.05, 4.69) is 0 Å². The third-order valence-electron chi connectivity index (χ3n) is 2.72. The van der Waals surface area contributed by atoms with E-state index in [4.69, 9.17) is 0 Å². The number of rotatable bonds is 2. The molecule has 2 rings (SSSR count). The standard InChI is InChI=1S/C11H14O/c12-11-7-2-1-6-10(11)8-9-4-3-5-9/h1-2,6-7,9,12H,3-5,8H2. The molecular formula is C11H14O. The Morgan fingerprint density at radius 2 is 2.00 bits per heavy atom. The van der Waals surface area contributed by atoms with Crippen molar-refractivity contribution in [1.82, 2.24) is 0 Å². The van der Waals surface area contributed by atoms with Gasteiger partial charge in [-0.1, -0.05) is 37.5 Å². The van der Waals surface area contributed by atoms with Crippen LogP contribution in [-0.2, 0) is 6.42 Å². The van der Waals surface area contributed by atoms with Crippen LogP contribution in [0, 0.1) is 5.92 Å². The summed E-state index contributed by atoms with van der Waals surface area (Å²) in [5, 5.41) is 9.48. The maximum Gasteiger partial charge on any atom is 0.118 e. The molecule has 0 radical (unpaired) electrons. The van der Waals surface area contributed by atoms with Crippen LogP contribution in [0.2, 0.25) is 0 Å². The molecule has 0 aliphatic heterocycles. The fourth-order valence-electron chi connectivity index (χ4n) is 1.69. The molecule has 0 amide bonds. The van der Waals surface area contributed by atoms with E-state index in [0.717, 1.165) is 17.9 Å². The lowest BCUT2D eigenvalue weighted by atomic mass is 9.81. The van der Waals surface area contributed by atoms with Crippen molar-refractivity contribution in [2.45, 2.75) is 25.7 Å². The molecular weight excluding hydrogens is 148 g/mol. The second-order valence-electron chi connectivity index (χ2n) is 3.63. The highest BCUT2D eigenvalue weighted by Gasteiger charge is 2.18. The third kappa shape index (κ3) is 1.45. The summed E-state index contributed by atoms with van der Waals surface area (Å²) < 4.78 is 0. The van der Waals surface area contributed by atoms with Crippen molar-refractivity contribution in [3.8, 4) is 5.75 Å². The van der Waals surface area contributed by atoms with E-state index >= 15 is 0 Å². The van der Waals surface area contributed by atoms with Crippen molar-refractivity contribution < 1.29 is 5.11 Å². The predicted octanol–water partition coefficient (Wildman–Crippen LogP) is 2.73. The van der Waals surface area contributed by atoms with E-state index in [-0.39, 0.29) is 0 Å². The van der Waals surface area contributed by atoms with Crippen LogP contribution >= 0.6 is 0 Å². The number of para-hydroxylation sites is 1. The Kier molecular flexibility index (Phi) is 2.03. The number of aromatic hydroxyl groups is 1. The predicted molar refractivity (Wildman–Crippen MR) is 49.2 cm³/mol. The Morgan fingerprint density at radius 3 is 2.58 bits per heavy atom. The molecule has 0 atom stereocenters. The van der Waals surface area contributed by atoms with E-state index < -0.39 is 0 Å². The van der Waals surface area contributed by atoms with E-state index in [1.807, 2.05) is 18.2 Å². The molecule has 0 saturated heterocycles. The average Bonchev–Trinajstić information content (AvgIpc) is 2.00. The lowest BCUT2D eigenvalue weighted by Gasteiger charge is -2.25. The molecule has 0 heterocycles. The smallest absolute Gasteiger partial charge is 0.118 e. The summed E-state index contributed by atoms with van der Waals surface area (Å²) in [6, 6.07) is 7.66. The molecule has 0 unspecified atom stereocenters. The lowest BCUT2D eigenvalue weighted by molar-refractivity contribution is 0.310. The van der Waals surface area contributed by atoms with Gasteiger partial charge in [-0.2, -0.15) is 0 Å². The van der Waals surface area contributed by atoms with Crippen molar-refractivity contribution >= 4 is 0 Å². The quantitative estimate of drug-likeness (QED) is 0.709. The van der Waals surface area contributed by atoms with E-state index in [1.54, 1.807) is 6.07 Å². The zero-order chi connectivity index (χ0) is 8.39. The van der Waals surface area contributed by atoms with Gasteiger partial charge < -0.3 is 5.11 Å². The monoisotopic (exact) mass is 162 g/mol. The topological polar surface area (TPSA) is 20.2 Å². The average molecular weight is 162 g/mol. The van der Waals surface area contributed by atoms with Gasteiger partial charge in [0.2, 0.25) is 0 Å². The summed E-state index contributed by atoms with van der Waals surface area (Å²) in [6.45, 7) is 0. The maximum absolute atomic E-state index is 9.48. The van der Waals surface area contributed by atoms with Gasteiger partial charge in [0.05, 0.1) is 0 Å². The summed E-state index contributed by atoms with van der Waals surface area (Å²) in [7, 11) is 0. The number of hydrogen-bond donors (Lipinski definition) is 1. The highest BCUT2D eigenvalue weighted by Crippen LogP contribution is 2.31. The van der Waals surface area contributed by atoms with Crippen LogP contribution in [0.3, 0.4) is 0 Å². The maximum atomic E-state index is 9.48. The molecule has 1 fully saturated rings. The van der Waals surface area contributed by atoms with Crippen molar-refractivity contribution in [2.24, 2.45) is 5.92 Å². The fraction of sp³-hybridized carbons (Fsp3) is 0.455. The molecule has 0 bridgehead atoms. The van der Waals surface area contributed by atoms with Crippen molar-refractivity contribution in [3.63, 3.8) is 0 Å². The Balaban J connectivity index is 2.06. The van der Waals surface area contributed by atoms with Gasteiger partial charge in [0.15, 0.2) is 0 Å². The van der Waals surface area contributed by atoms with Gasteiger partial charge in [-0.3, -0.25) is 0 Å². The van der Waals surface area contributed by atoms with Gasteiger partial charge in [0, 0.05) is 0 Å². The number of benzene rings is 1. The van der Waals surface area contributed by atoms with Gasteiger partial charge in [0.25, 0.3) is 0 Å². The van der Waals surface area contributed by atoms with Gasteiger partial charge in [-0.15, -0.1) is 0 Å². The summed E-state index contributed by atoms with van der Waals surface area (Å²) >= 11 is 0. The largest absolute Gasteiger partial charge is 0.508 e. The van der Waals surface area contributed by atoms with Gasteiger partial charge in [0.1, 0.15) is 5.75 Å². The lowest BCUT2D eigenvalue weighted by Crippen LogP contribution is -2.13. The molecule has 1 aromatic rings. The molecule has 64 valence electrons. The van der Waals surface area contributed by atoms with E-state index in [0.29, 0.717) is 5.75 Å². The highest BCUT2D eigenvalue weighted by atomic mass is 16.3. The molecule has 1 aromatic carbocycles. The minimum absolute atomic E-state index is 0.462. The summed E-state index contributed by atoms with van der Waals surface area (Å²) in [5.41, 5.74) is 1.11. The highest BCUT2D eigenvalue weighted by molar-refractivity contribution is 5.32.